The van der Waals surface area contributed by atoms with Crippen LogP contribution in [0.15, 0.2) is 30.7 Å². The molecule has 4 heterocycles. The Labute approximate surface area is 230 Å². The number of halogens is 1. The molecule has 1 aromatic carbocycles. The molecule has 1 spiro atoms. The van der Waals surface area contributed by atoms with Gasteiger partial charge in [-0.1, -0.05) is 0 Å². The first-order chi connectivity index (χ1) is 18.8. The van der Waals surface area contributed by atoms with Crippen molar-refractivity contribution < 1.29 is 18.7 Å². The molecule has 1 aromatic heterocycles. The number of carbonyl (C=O) groups is 1. The lowest BCUT2D eigenvalue weighted by Crippen LogP contribution is -2.61. The molecule has 2 atom stereocenters. The fraction of sp³-hybridized carbons (Fsp3) is 0.621. The first-order valence-corrected chi connectivity index (χ1v) is 14.2. The molecular formula is C29H41FN6O3. The number of carbonyl (C=O) groups excluding carboxylic acids is 1. The Morgan fingerprint density at radius 1 is 1.26 bits per heavy atom. The van der Waals surface area contributed by atoms with Gasteiger partial charge in [0.15, 0.2) is 23.1 Å². The number of nitrogens with two attached hydrogens (primary N) is 1. The minimum absolute atomic E-state index is 0.0305. The average molecular weight is 541 g/mol. The zero-order chi connectivity index (χ0) is 27.6. The van der Waals surface area contributed by atoms with Gasteiger partial charge in [0, 0.05) is 49.2 Å². The van der Waals surface area contributed by atoms with E-state index in [1.807, 2.05) is 20.8 Å². The second kappa shape index (κ2) is 11.7. The van der Waals surface area contributed by atoms with Crippen LogP contribution in [-0.4, -0.2) is 89.7 Å². The van der Waals surface area contributed by atoms with Crippen molar-refractivity contribution in [1.82, 2.24) is 19.8 Å². The van der Waals surface area contributed by atoms with E-state index in [1.54, 1.807) is 17.2 Å². The van der Waals surface area contributed by atoms with Gasteiger partial charge in [-0.2, -0.15) is 0 Å². The Bertz CT molecular complexity index is 1140. The summed E-state index contributed by atoms with van der Waals surface area (Å²) in [5, 5.41) is 0. The van der Waals surface area contributed by atoms with Gasteiger partial charge < -0.3 is 29.9 Å². The Balaban J connectivity index is 1.18. The second-order valence-corrected chi connectivity index (χ2v) is 11.6. The molecule has 39 heavy (non-hydrogen) atoms. The fourth-order valence-corrected chi connectivity index (χ4v) is 6.06. The predicted octanol–water partition coefficient (Wildman–Crippen LogP) is 3.69. The van der Waals surface area contributed by atoms with E-state index in [0.717, 1.165) is 58.4 Å². The number of ether oxygens (including phenoxy) is 2. The summed E-state index contributed by atoms with van der Waals surface area (Å²) in [6.07, 6.45) is 7.71. The first kappa shape index (κ1) is 27.7. The standard InChI is InChI=1S/C29H41FN6O3/c1-4-36(20(2)3)28(37)21-5-8-25(24(30)13-21)39-26-14-32-19-33-27(26)35-17-29(18-35)9-11-34(12-10-29)15-23-7-6-22(31)16-38-23/h5,8,13-14,19-20,22-23H,4,6-7,9-12,15-18,31H2,1-3H3/t22-,23+/m1/s1. The van der Waals surface area contributed by atoms with Crippen LogP contribution in [0.25, 0.3) is 0 Å². The molecule has 0 radical (unpaired) electrons. The SMILES string of the molecule is CCN(C(=O)c1ccc(Oc2cncnc2N2CC3(CCN(C[C@@H]4CC[C@@H](N)CO4)CC3)C2)c(F)c1)C(C)C. The quantitative estimate of drug-likeness (QED) is 0.542. The molecule has 2 aromatic rings. The largest absolute Gasteiger partial charge is 0.449 e. The van der Waals surface area contributed by atoms with Gasteiger partial charge in [-0.3, -0.25) is 4.79 Å². The third-order valence-electron chi connectivity index (χ3n) is 8.42. The van der Waals surface area contributed by atoms with Crippen molar-refractivity contribution in [3.8, 4) is 11.5 Å². The highest BCUT2D eigenvalue weighted by molar-refractivity contribution is 5.94. The lowest BCUT2D eigenvalue weighted by atomic mass is 9.72. The van der Waals surface area contributed by atoms with Gasteiger partial charge in [-0.15, -0.1) is 0 Å². The number of amides is 1. The van der Waals surface area contributed by atoms with Crippen molar-refractivity contribution in [1.29, 1.82) is 0 Å². The number of aromatic nitrogens is 2. The Kier molecular flexibility index (Phi) is 8.35. The first-order valence-electron chi connectivity index (χ1n) is 14.2. The Morgan fingerprint density at radius 2 is 2.03 bits per heavy atom. The van der Waals surface area contributed by atoms with Crippen LogP contribution in [0.2, 0.25) is 0 Å². The smallest absolute Gasteiger partial charge is 0.254 e. The monoisotopic (exact) mass is 540 g/mol. The maximum absolute atomic E-state index is 15.0. The van der Waals surface area contributed by atoms with E-state index in [4.69, 9.17) is 15.2 Å². The van der Waals surface area contributed by atoms with E-state index in [9.17, 15) is 4.79 Å². The van der Waals surface area contributed by atoms with Crippen LogP contribution in [0.5, 0.6) is 11.5 Å². The number of likely N-dealkylation sites (tertiary alicyclic amines) is 1. The Hall–Kier alpha value is -2.82. The highest BCUT2D eigenvalue weighted by Crippen LogP contribution is 2.45. The molecule has 0 bridgehead atoms. The molecule has 0 saturated carbocycles. The van der Waals surface area contributed by atoms with Crippen LogP contribution in [0, 0.1) is 11.2 Å². The maximum Gasteiger partial charge on any atom is 0.254 e. The van der Waals surface area contributed by atoms with E-state index < -0.39 is 5.82 Å². The zero-order valence-corrected chi connectivity index (χ0v) is 23.3. The summed E-state index contributed by atoms with van der Waals surface area (Å²) in [6.45, 7) is 11.9. The maximum atomic E-state index is 15.0. The molecule has 0 unspecified atom stereocenters. The van der Waals surface area contributed by atoms with Crippen molar-refractivity contribution in [2.45, 2.75) is 64.6 Å². The molecule has 3 saturated heterocycles. The molecule has 1 amide bonds. The lowest BCUT2D eigenvalue weighted by Gasteiger charge is -2.54. The number of benzene rings is 1. The minimum atomic E-state index is -0.591. The number of hydrogen-bond acceptors (Lipinski definition) is 8. The van der Waals surface area contributed by atoms with Crippen LogP contribution in [0.3, 0.4) is 0 Å². The molecule has 10 heteroatoms. The predicted molar refractivity (Wildman–Crippen MR) is 148 cm³/mol. The van der Waals surface area contributed by atoms with Gasteiger partial charge in [-0.05, 0) is 77.7 Å². The van der Waals surface area contributed by atoms with Gasteiger partial charge in [0.05, 0.1) is 18.9 Å². The molecular weight excluding hydrogens is 499 g/mol. The summed E-state index contributed by atoms with van der Waals surface area (Å²) in [4.78, 5) is 27.8. The number of piperidine rings is 1. The number of nitrogens with zero attached hydrogens (tertiary/aromatic N) is 5. The summed E-state index contributed by atoms with van der Waals surface area (Å²) in [6, 6.07) is 4.57. The van der Waals surface area contributed by atoms with Crippen LogP contribution in [0.1, 0.15) is 56.8 Å². The molecule has 9 nitrogen and oxygen atoms in total. The number of hydrogen-bond donors (Lipinski definition) is 1. The molecule has 212 valence electrons. The van der Waals surface area contributed by atoms with Crippen LogP contribution in [-0.2, 0) is 4.74 Å². The van der Waals surface area contributed by atoms with Crippen LogP contribution < -0.4 is 15.4 Å². The third-order valence-corrected chi connectivity index (χ3v) is 8.42. The van der Waals surface area contributed by atoms with Gasteiger partial charge >= 0.3 is 0 Å². The topological polar surface area (TPSA) is 97.1 Å². The molecule has 3 aliphatic heterocycles. The lowest BCUT2D eigenvalue weighted by molar-refractivity contribution is -0.0277. The minimum Gasteiger partial charge on any atom is -0.449 e. The van der Waals surface area contributed by atoms with Crippen molar-refractivity contribution in [3.63, 3.8) is 0 Å². The normalized spacial score (nSPS) is 23.1. The van der Waals surface area contributed by atoms with Crippen molar-refractivity contribution in [3.05, 3.63) is 42.1 Å². The molecule has 3 aliphatic rings. The van der Waals surface area contributed by atoms with E-state index in [-0.39, 0.29) is 29.2 Å². The number of anilines is 1. The summed E-state index contributed by atoms with van der Waals surface area (Å²) < 4.78 is 26.9. The highest BCUT2D eigenvalue weighted by atomic mass is 19.1. The Morgan fingerprint density at radius 3 is 2.67 bits per heavy atom. The van der Waals surface area contributed by atoms with Gasteiger partial charge in [-0.25, -0.2) is 14.4 Å². The number of rotatable bonds is 8. The summed E-state index contributed by atoms with van der Waals surface area (Å²) in [7, 11) is 0. The summed E-state index contributed by atoms with van der Waals surface area (Å²) in [5.41, 5.74) is 6.53. The molecule has 0 aliphatic carbocycles. The van der Waals surface area contributed by atoms with E-state index in [1.165, 1.54) is 18.5 Å². The molecule has 3 fully saturated rings. The summed E-state index contributed by atoms with van der Waals surface area (Å²) >= 11 is 0. The van der Waals surface area contributed by atoms with Crippen molar-refractivity contribution in [2.24, 2.45) is 11.1 Å². The second-order valence-electron chi connectivity index (χ2n) is 11.6. The highest BCUT2D eigenvalue weighted by Gasteiger charge is 2.46. The van der Waals surface area contributed by atoms with E-state index in [2.05, 4.69) is 19.8 Å². The van der Waals surface area contributed by atoms with E-state index >= 15 is 4.39 Å². The van der Waals surface area contributed by atoms with Gasteiger partial charge in [0.25, 0.3) is 5.91 Å². The van der Waals surface area contributed by atoms with Crippen molar-refractivity contribution >= 4 is 11.7 Å². The fourth-order valence-electron chi connectivity index (χ4n) is 6.06. The molecule has 2 N–H and O–H groups in total. The van der Waals surface area contributed by atoms with Gasteiger partial charge in [0.2, 0.25) is 0 Å². The van der Waals surface area contributed by atoms with Crippen LogP contribution in [0.4, 0.5) is 10.2 Å². The van der Waals surface area contributed by atoms with Crippen LogP contribution >= 0.6 is 0 Å². The van der Waals surface area contributed by atoms with Gasteiger partial charge in [0.1, 0.15) is 6.33 Å². The van der Waals surface area contributed by atoms with E-state index in [0.29, 0.717) is 36.4 Å². The van der Waals surface area contributed by atoms with Crippen molar-refractivity contribution in [2.75, 3.05) is 50.8 Å². The third kappa shape index (κ3) is 6.18. The summed E-state index contributed by atoms with van der Waals surface area (Å²) in [5.74, 6) is 0.333. The zero-order valence-electron chi connectivity index (χ0n) is 23.3. The molecule has 5 rings (SSSR count). The average Bonchev–Trinajstić information content (AvgIpc) is 2.91.